The molecule has 0 unspecified atom stereocenters. The Morgan fingerprint density at radius 3 is 2.11 bits per heavy atom. The van der Waals surface area contributed by atoms with Gasteiger partial charge in [0, 0.05) is 26.2 Å². The summed E-state index contributed by atoms with van der Waals surface area (Å²) in [5.41, 5.74) is 4.10. The Morgan fingerprint density at radius 2 is 1.79 bits per heavy atom. The van der Waals surface area contributed by atoms with E-state index in [1.54, 1.807) is 0 Å². The van der Waals surface area contributed by atoms with Crippen LogP contribution in [0, 0.1) is 25.6 Å². The molecule has 0 spiro atoms. The van der Waals surface area contributed by atoms with E-state index in [1.807, 2.05) is 0 Å². The van der Waals surface area contributed by atoms with Crippen molar-refractivity contribution in [3.8, 4) is 0 Å². The molecule has 0 amide bonds. The Kier molecular flexibility index (Phi) is 6.43. The van der Waals surface area contributed by atoms with E-state index in [0.717, 1.165) is 12.2 Å². The van der Waals surface area contributed by atoms with Crippen LogP contribution < -0.4 is 11.1 Å². The number of hydrogen-bond donors (Lipinski definition) is 3. The number of hydrogen-bond acceptors (Lipinski definition) is 6. The number of rotatable bonds is 6. The van der Waals surface area contributed by atoms with E-state index in [-0.39, 0.29) is 18.0 Å². The van der Waals surface area contributed by atoms with Crippen molar-refractivity contribution < 1.29 is 9.85 Å². The van der Waals surface area contributed by atoms with Gasteiger partial charge in [0.25, 0.3) is 0 Å². The Bertz CT molecular complexity index is 463. The van der Waals surface area contributed by atoms with Crippen LogP contribution in [0.4, 0.5) is 0 Å². The Labute approximate surface area is 108 Å². The fourth-order valence-electron chi connectivity index (χ4n) is 1.18. The lowest BCUT2D eigenvalue weighted by molar-refractivity contribution is -0.416. The fraction of sp³-hybridized carbons (Fsp3) is 0.333. The Morgan fingerprint density at radius 1 is 1.32 bits per heavy atom. The number of aliphatic imine (C=N–C) groups is 1. The van der Waals surface area contributed by atoms with Gasteiger partial charge in [0.15, 0.2) is 11.7 Å². The smallest absolute Gasteiger partial charge is 0.307 e. The van der Waals surface area contributed by atoms with Crippen molar-refractivity contribution in [1.82, 2.24) is 5.32 Å². The van der Waals surface area contributed by atoms with Crippen LogP contribution in [0.5, 0.6) is 0 Å². The molecule has 0 aliphatic rings. The van der Waals surface area contributed by atoms with Crippen LogP contribution in [0.1, 0.15) is 6.42 Å². The number of allylic oxidation sites excluding steroid dienone is 2. The maximum atomic E-state index is 10.8. The first-order valence-electron chi connectivity index (χ1n) is 5.03. The number of likely N-dealkylation sites (N-methyl/N-ethyl adjacent to an activating group) is 1. The van der Waals surface area contributed by atoms with Gasteiger partial charge in [-0.05, 0) is 6.42 Å². The SMILES string of the molecule is CN=C(NC)C(=CCC=C(C(=N)N)[N+](=O)[O-])[N+](=O)[O-]. The number of amidine groups is 2. The number of nitro groups is 2. The van der Waals surface area contributed by atoms with E-state index in [4.69, 9.17) is 11.1 Å². The molecule has 0 bridgehead atoms. The summed E-state index contributed by atoms with van der Waals surface area (Å²) in [6.07, 6.45) is 2.05. The molecule has 0 fully saturated rings. The fourth-order valence-corrected chi connectivity index (χ4v) is 1.18. The van der Waals surface area contributed by atoms with Gasteiger partial charge in [0.2, 0.25) is 0 Å². The largest absolute Gasteiger partial charge is 0.378 e. The average Bonchev–Trinajstić information content (AvgIpc) is 2.31. The van der Waals surface area contributed by atoms with Gasteiger partial charge in [-0.15, -0.1) is 0 Å². The number of nitrogens with two attached hydrogens (primary N) is 1. The molecule has 0 aromatic heterocycles. The van der Waals surface area contributed by atoms with E-state index in [0.29, 0.717) is 0 Å². The van der Waals surface area contributed by atoms with Gasteiger partial charge < -0.3 is 11.1 Å². The van der Waals surface area contributed by atoms with Crippen molar-refractivity contribution in [2.75, 3.05) is 14.1 Å². The van der Waals surface area contributed by atoms with Crippen LogP contribution in [0.15, 0.2) is 28.5 Å². The highest BCUT2D eigenvalue weighted by atomic mass is 16.6. The van der Waals surface area contributed by atoms with Crippen molar-refractivity contribution in [2.45, 2.75) is 6.42 Å². The minimum Gasteiger partial charge on any atom is -0.378 e. The van der Waals surface area contributed by atoms with Gasteiger partial charge in [-0.3, -0.25) is 30.6 Å². The highest BCUT2D eigenvalue weighted by Crippen LogP contribution is 2.04. The molecule has 19 heavy (non-hydrogen) atoms. The quantitative estimate of drug-likeness (QED) is 0.264. The molecule has 0 aromatic rings. The van der Waals surface area contributed by atoms with Gasteiger partial charge in [-0.25, -0.2) is 0 Å². The van der Waals surface area contributed by atoms with E-state index in [2.05, 4.69) is 10.3 Å². The van der Waals surface area contributed by atoms with Crippen molar-refractivity contribution in [2.24, 2.45) is 10.7 Å². The minimum atomic E-state index is -0.825. The van der Waals surface area contributed by atoms with E-state index in [9.17, 15) is 20.2 Å². The maximum absolute atomic E-state index is 10.8. The summed E-state index contributed by atoms with van der Waals surface area (Å²) in [7, 11) is 2.84. The lowest BCUT2D eigenvalue weighted by Crippen LogP contribution is -2.24. The summed E-state index contributed by atoms with van der Waals surface area (Å²) in [5, 5.41) is 30.8. The highest BCUT2D eigenvalue weighted by Gasteiger charge is 2.18. The standard InChI is InChI=1S/C9H14N6O4/c1-12-9(13-2)7(15(18)19)5-3-4-6(8(10)11)14(16)17/h4-5H,3H2,1-2H3,(H3,10,11)(H,12,13). The third-order valence-corrected chi connectivity index (χ3v) is 1.99. The first-order valence-corrected chi connectivity index (χ1v) is 5.03. The molecule has 0 aliphatic carbocycles. The molecular formula is C9H14N6O4. The zero-order valence-corrected chi connectivity index (χ0v) is 10.4. The van der Waals surface area contributed by atoms with Crippen LogP contribution in [0.2, 0.25) is 0 Å². The maximum Gasteiger partial charge on any atom is 0.307 e. The average molecular weight is 270 g/mol. The zero-order valence-electron chi connectivity index (χ0n) is 10.4. The predicted octanol–water partition coefficient (Wildman–Crippen LogP) is -0.119. The Hall–Kier alpha value is -2.78. The molecule has 10 heteroatoms. The lowest BCUT2D eigenvalue weighted by Gasteiger charge is -2.01. The van der Waals surface area contributed by atoms with Gasteiger partial charge in [0.1, 0.15) is 0 Å². The second-order valence-corrected chi connectivity index (χ2v) is 3.16. The summed E-state index contributed by atoms with van der Waals surface area (Å²) < 4.78 is 0. The van der Waals surface area contributed by atoms with Crippen LogP contribution in [-0.2, 0) is 0 Å². The molecule has 0 heterocycles. The van der Waals surface area contributed by atoms with E-state index >= 15 is 0 Å². The second kappa shape index (κ2) is 7.53. The first kappa shape index (κ1) is 16.2. The lowest BCUT2D eigenvalue weighted by atomic mass is 10.2. The van der Waals surface area contributed by atoms with Gasteiger partial charge in [-0.2, -0.15) is 0 Å². The van der Waals surface area contributed by atoms with Gasteiger partial charge in [-0.1, -0.05) is 0 Å². The molecule has 0 rings (SSSR count). The summed E-state index contributed by atoms with van der Waals surface area (Å²) in [6.45, 7) is 0. The van der Waals surface area contributed by atoms with Crippen LogP contribution in [-0.4, -0.2) is 35.6 Å². The van der Waals surface area contributed by atoms with Crippen molar-refractivity contribution >= 4 is 11.7 Å². The number of nitrogens with zero attached hydrogens (tertiary/aromatic N) is 3. The topological polar surface area (TPSA) is 161 Å². The van der Waals surface area contributed by atoms with Crippen LogP contribution >= 0.6 is 0 Å². The zero-order chi connectivity index (χ0) is 15.0. The summed E-state index contributed by atoms with van der Waals surface area (Å²) in [5.74, 6) is -0.664. The van der Waals surface area contributed by atoms with Crippen molar-refractivity contribution in [3.05, 3.63) is 43.8 Å². The summed E-state index contributed by atoms with van der Waals surface area (Å²) >= 11 is 0. The summed E-state index contributed by atoms with van der Waals surface area (Å²) in [6, 6.07) is 0. The molecule has 0 aromatic carbocycles. The van der Waals surface area contributed by atoms with Crippen LogP contribution in [0.3, 0.4) is 0 Å². The van der Waals surface area contributed by atoms with Crippen molar-refractivity contribution in [3.63, 3.8) is 0 Å². The molecule has 0 saturated carbocycles. The molecule has 104 valence electrons. The van der Waals surface area contributed by atoms with E-state index < -0.39 is 21.4 Å². The number of nitrogens with one attached hydrogen (secondary N) is 2. The second-order valence-electron chi connectivity index (χ2n) is 3.16. The Balaban J connectivity index is 5.22. The molecular weight excluding hydrogens is 256 g/mol. The van der Waals surface area contributed by atoms with Gasteiger partial charge in [0.05, 0.1) is 9.85 Å². The summed E-state index contributed by atoms with van der Waals surface area (Å²) in [4.78, 5) is 23.5. The molecule has 0 saturated heterocycles. The molecule has 4 N–H and O–H groups in total. The molecule has 0 radical (unpaired) electrons. The normalized spacial score (nSPS) is 13.1. The monoisotopic (exact) mass is 270 g/mol. The highest BCUT2D eigenvalue weighted by molar-refractivity contribution is 5.95. The van der Waals surface area contributed by atoms with Crippen molar-refractivity contribution in [1.29, 1.82) is 5.41 Å². The third-order valence-electron chi connectivity index (χ3n) is 1.99. The molecule has 0 aliphatic heterocycles. The van der Waals surface area contributed by atoms with Gasteiger partial charge >= 0.3 is 11.4 Å². The predicted molar refractivity (Wildman–Crippen MR) is 69.1 cm³/mol. The van der Waals surface area contributed by atoms with Crippen LogP contribution in [0.25, 0.3) is 0 Å². The molecule has 0 atom stereocenters. The molecule has 10 nitrogen and oxygen atoms in total. The third kappa shape index (κ3) is 4.93. The van der Waals surface area contributed by atoms with E-state index in [1.165, 1.54) is 14.1 Å². The minimum absolute atomic E-state index is 0.0453. The first-order chi connectivity index (χ1) is 8.84.